The number of carboxylic acid groups (broad SMARTS) is 1. The van der Waals surface area contributed by atoms with E-state index in [9.17, 15) is 19.1 Å². The summed E-state index contributed by atoms with van der Waals surface area (Å²) in [5, 5.41) is 16.7. The van der Waals surface area contributed by atoms with Crippen LogP contribution in [0.25, 0.3) is 33.7 Å². The number of carbonyl (C=O) groups excluding carboxylic acids is 1. The van der Waals surface area contributed by atoms with Gasteiger partial charge in [-0.3, -0.25) is 14.3 Å². The lowest BCUT2D eigenvalue weighted by Gasteiger charge is -2.21. The molecule has 0 aliphatic heterocycles. The number of fused-ring (bicyclic) bond motifs is 1. The predicted molar refractivity (Wildman–Crippen MR) is 127 cm³/mol. The van der Waals surface area contributed by atoms with Crippen LogP contribution in [0.4, 0.5) is 14.6 Å². The minimum absolute atomic E-state index is 0.0321. The Balaban J connectivity index is 1.89. The van der Waals surface area contributed by atoms with Crippen LogP contribution in [0.2, 0.25) is 0 Å². The molecule has 4 aromatic rings. The van der Waals surface area contributed by atoms with Gasteiger partial charge in [-0.2, -0.15) is 5.10 Å². The lowest BCUT2D eigenvalue weighted by atomic mass is 10.0. The van der Waals surface area contributed by atoms with Crippen LogP contribution in [0.1, 0.15) is 27.7 Å². The zero-order valence-electron chi connectivity index (χ0n) is 19.9. The Morgan fingerprint density at radius 3 is 2.61 bits per heavy atom. The molecule has 0 spiro atoms. The highest BCUT2D eigenvalue weighted by molar-refractivity contribution is 5.92. The molecule has 0 fully saturated rings. The Morgan fingerprint density at radius 2 is 1.94 bits per heavy atom. The van der Waals surface area contributed by atoms with Crippen LogP contribution in [0, 0.1) is 17.6 Å². The molecular weight excluding hydrogens is 474 g/mol. The summed E-state index contributed by atoms with van der Waals surface area (Å²) in [6.07, 6.45) is 5.31. The van der Waals surface area contributed by atoms with E-state index < -0.39 is 41.0 Å². The lowest BCUT2D eigenvalue weighted by Crippen LogP contribution is -2.41. The molecule has 5 N–H and O–H groups in total. The normalized spacial score (nSPS) is 13.5. The second kappa shape index (κ2) is 8.98. The van der Waals surface area contributed by atoms with E-state index in [1.165, 1.54) is 36.3 Å². The molecule has 0 saturated carbocycles. The van der Waals surface area contributed by atoms with Crippen molar-refractivity contribution in [1.82, 2.24) is 29.7 Å². The van der Waals surface area contributed by atoms with Gasteiger partial charge in [0.2, 0.25) is 5.91 Å². The van der Waals surface area contributed by atoms with Gasteiger partial charge in [-0.05, 0) is 33.8 Å². The van der Waals surface area contributed by atoms with E-state index in [0.717, 1.165) is 6.20 Å². The molecule has 4 aromatic heterocycles. The molecule has 11 nitrogen and oxygen atoms in total. The topological polar surface area (TPSA) is 165 Å². The first kappa shape index (κ1) is 24.7. The number of nitrogens with two attached hydrogens (primary N) is 1. The Kier molecular flexibility index (Phi) is 6.16. The minimum atomic E-state index is -1.20. The van der Waals surface area contributed by atoms with E-state index in [0.29, 0.717) is 16.6 Å². The first-order chi connectivity index (χ1) is 16.9. The number of pyridine rings is 1. The first-order valence-corrected chi connectivity index (χ1v) is 11.0. The van der Waals surface area contributed by atoms with E-state index in [-0.39, 0.29) is 22.9 Å². The molecule has 0 aliphatic carbocycles. The summed E-state index contributed by atoms with van der Waals surface area (Å²) in [5.74, 6) is -4.24. The van der Waals surface area contributed by atoms with Gasteiger partial charge in [-0.25, -0.2) is 23.7 Å². The van der Waals surface area contributed by atoms with Gasteiger partial charge in [-0.1, -0.05) is 0 Å². The average Bonchev–Trinajstić information content (AvgIpc) is 3.47. The molecule has 2 unspecified atom stereocenters. The van der Waals surface area contributed by atoms with Crippen LogP contribution in [0.5, 0.6) is 0 Å². The standard InChI is InChI=1S/C23H24F2N8O3/c1-10(21(34)35)11(2)30-20-16(25)17(12-6-29-33(9-12)23(3,4)22(26)36)31-19(32-20)15-8-28-18-14(15)5-13(24)7-27-18/h5-11H,1-4H3,(H2,26,36)(H,27,28)(H,34,35)(H,30,31,32). The molecule has 0 bridgehead atoms. The van der Waals surface area contributed by atoms with Gasteiger partial charge in [0.05, 0.1) is 18.3 Å². The van der Waals surface area contributed by atoms with Crippen molar-refractivity contribution in [3.63, 3.8) is 0 Å². The van der Waals surface area contributed by atoms with Crippen LogP contribution in [-0.4, -0.2) is 52.7 Å². The molecule has 4 rings (SSSR count). The molecule has 188 valence electrons. The Morgan fingerprint density at radius 1 is 1.22 bits per heavy atom. The van der Waals surface area contributed by atoms with Gasteiger partial charge < -0.3 is 21.1 Å². The maximum absolute atomic E-state index is 15.7. The number of anilines is 1. The summed E-state index contributed by atoms with van der Waals surface area (Å²) in [6, 6.07) is 0.544. The molecule has 1 amide bonds. The monoisotopic (exact) mass is 498 g/mol. The molecular formula is C23H24F2N8O3. The number of nitrogens with zero attached hydrogens (tertiary/aromatic N) is 5. The van der Waals surface area contributed by atoms with Crippen molar-refractivity contribution in [3.05, 3.63) is 42.5 Å². The van der Waals surface area contributed by atoms with Crippen LogP contribution in [0.15, 0.2) is 30.9 Å². The number of hydrogen-bond donors (Lipinski definition) is 4. The van der Waals surface area contributed by atoms with Crippen LogP contribution in [-0.2, 0) is 15.1 Å². The number of nitrogens with one attached hydrogen (secondary N) is 2. The van der Waals surface area contributed by atoms with Crippen LogP contribution < -0.4 is 11.1 Å². The fraction of sp³-hybridized carbons (Fsp3) is 0.304. The highest BCUT2D eigenvalue weighted by Crippen LogP contribution is 2.32. The van der Waals surface area contributed by atoms with Crippen LogP contribution in [0.3, 0.4) is 0 Å². The van der Waals surface area contributed by atoms with Gasteiger partial charge in [0.25, 0.3) is 0 Å². The smallest absolute Gasteiger partial charge is 0.308 e. The van der Waals surface area contributed by atoms with Crippen molar-refractivity contribution in [1.29, 1.82) is 0 Å². The number of aromatic amines is 1. The molecule has 0 aliphatic rings. The van der Waals surface area contributed by atoms with E-state index in [4.69, 9.17) is 5.73 Å². The largest absolute Gasteiger partial charge is 0.481 e. The lowest BCUT2D eigenvalue weighted by molar-refractivity contribution is -0.141. The maximum atomic E-state index is 15.7. The van der Waals surface area contributed by atoms with Gasteiger partial charge in [-0.15, -0.1) is 0 Å². The number of H-pyrrole nitrogens is 1. The second-order valence-electron chi connectivity index (χ2n) is 8.97. The Labute approximate surface area is 203 Å². The quantitative estimate of drug-likeness (QED) is 0.288. The summed E-state index contributed by atoms with van der Waals surface area (Å²) in [6.45, 7) is 6.18. The number of halogens is 2. The summed E-state index contributed by atoms with van der Waals surface area (Å²) in [7, 11) is 0. The predicted octanol–water partition coefficient (Wildman–Crippen LogP) is 2.90. The molecule has 36 heavy (non-hydrogen) atoms. The summed E-state index contributed by atoms with van der Waals surface area (Å²) in [4.78, 5) is 38.8. The van der Waals surface area contributed by atoms with Crippen LogP contribution >= 0.6 is 0 Å². The fourth-order valence-corrected chi connectivity index (χ4v) is 3.44. The number of hydrogen-bond acceptors (Lipinski definition) is 7. The summed E-state index contributed by atoms with van der Waals surface area (Å²) in [5.41, 5.74) is 5.05. The molecule has 2 atom stereocenters. The van der Waals surface area contributed by atoms with E-state index in [1.807, 2.05) is 0 Å². The summed E-state index contributed by atoms with van der Waals surface area (Å²) >= 11 is 0. The number of carboxylic acids is 1. The van der Waals surface area contributed by atoms with Crippen molar-refractivity contribution in [2.45, 2.75) is 39.3 Å². The van der Waals surface area contributed by atoms with Gasteiger partial charge in [0.1, 0.15) is 22.7 Å². The molecule has 0 saturated heterocycles. The molecule has 0 radical (unpaired) electrons. The number of carbonyl (C=O) groups is 2. The number of primary amides is 1. The third-order valence-electron chi connectivity index (χ3n) is 6.13. The fourth-order valence-electron chi connectivity index (χ4n) is 3.44. The molecule has 0 aromatic carbocycles. The average molecular weight is 498 g/mol. The zero-order valence-corrected chi connectivity index (χ0v) is 19.9. The number of aromatic nitrogens is 6. The van der Waals surface area contributed by atoms with E-state index in [2.05, 4.69) is 30.4 Å². The first-order valence-electron chi connectivity index (χ1n) is 11.0. The third kappa shape index (κ3) is 4.34. The van der Waals surface area contributed by atoms with Crippen molar-refractivity contribution >= 4 is 28.7 Å². The molecule has 4 heterocycles. The maximum Gasteiger partial charge on any atom is 0.308 e. The number of aliphatic carboxylic acids is 1. The minimum Gasteiger partial charge on any atom is -0.481 e. The SMILES string of the molecule is CC(Nc1nc(-c2c[nH]c3ncc(F)cc23)nc(-c2cnn(C(C)(C)C(N)=O)c2)c1F)C(C)C(=O)O. The summed E-state index contributed by atoms with van der Waals surface area (Å²) < 4.78 is 30.9. The van der Waals surface area contributed by atoms with Crippen molar-refractivity contribution in [2.24, 2.45) is 11.7 Å². The second-order valence-corrected chi connectivity index (χ2v) is 8.97. The van der Waals surface area contributed by atoms with Crippen molar-refractivity contribution in [3.8, 4) is 22.6 Å². The van der Waals surface area contributed by atoms with Crippen molar-refractivity contribution < 1.29 is 23.5 Å². The number of rotatable bonds is 8. The van der Waals surface area contributed by atoms with Gasteiger partial charge >= 0.3 is 5.97 Å². The third-order valence-corrected chi connectivity index (χ3v) is 6.13. The van der Waals surface area contributed by atoms with E-state index >= 15 is 4.39 Å². The van der Waals surface area contributed by atoms with Gasteiger partial charge in [0.15, 0.2) is 17.5 Å². The molecule has 13 heteroatoms. The van der Waals surface area contributed by atoms with Crippen molar-refractivity contribution in [2.75, 3.05) is 5.32 Å². The Bertz CT molecular complexity index is 1480. The highest BCUT2D eigenvalue weighted by atomic mass is 19.1. The van der Waals surface area contributed by atoms with Gasteiger partial charge in [0, 0.05) is 34.9 Å². The zero-order chi connectivity index (χ0) is 26.4. The highest BCUT2D eigenvalue weighted by Gasteiger charge is 2.30. The van der Waals surface area contributed by atoms with E-state index in [1.54, 1.807) is 20.8 Å². The Hall–Kier alpha value is -4.42. The number of amides is 1.